The number of nitrogens with zero attached hydrogens (tertiary/aromatic N) is 2. The molecule has 0 aromatic carbocycles. The average Bonchev–Trinajstić information content (AvgIpc) is 2.61. The monoisotopic (exact) mass is 208 g/mol. The van der Waals surface area contributed by atoms with Gasteiger partial charge in [-0.05, 0) is 12.1 Å². The standard InChI is InChI=1S/C9H9ClN4/c10-8-7(5-11)13-9(14-8)6-1-3-12-4-2-6/h1-4H,5,11H2,(H,13,14). The molecule has 0 saturated heterocycles. The van der Waals surface area contributed by atoms with Crippen LogP contribution in [0.5, 0.6) is 0 Å². The zero-order valence-corrected chi connectivity index (χ0v) is 8.12. The zero-order chi connectivity index (χ0) is 9.97. The van der Waals surface area contributed by atoms with Crippen molar-refractivity contribution in [3.63, 3.8) is 0 Å². The van der Waals surface area contributed by atoms with Gasteiger partial charge in [0.15, 0.2) is 5.15 Å². The summed E-state index contributed by atoms with van der Waals surface area (Å²) in [7, 11) is 0. The molecule has 0 fully saturated rings. The Morgan fingerprint density at radius 2 is 2.07 bits per heavy atom. The van der Waals surface area contributed by atoms with Crippen molar-refractivity contribution in [3.05, 3.63) is 35.4 Å². The molecule has 2 aromatic rings. The number of nitrogens with two attached hydrogens (primary N) is 1. The predicted octanol–water partition coefficient (Wildman–Crippen LogP) is 1.58. The molecule has 0 aliphatic rings. The van der Waals surface area contributed by atoms with Gasteiger partial charge in [-0.2, -0.15) is 0 Å². The molecule has 2 aromatic heterocycles. The number of imidazole rings is 1. The van der Waals surface area contributed by atoms with E-state index < -0.39 is 0 Å². The van der Waals surface area contributed by atoms with Crippen molar-refractivity contribution in [2.24, 2.45) is 5.73 Å². The van der Waals surface area contributed by atoms with E-state index in [1.165, 1.54) is 0 Å². The molecule has 0 spiro atoms. The van der Waals surface area contributed by atoms with Crippen molar-refractivity contribution in [3.8, 4) is 11.4 Å². The smallest absolute Gasteiger partial charge is 0.152 e. The molecule has 3 N–H and O–H groups in total. The van der Waals surface area contributed by atoms with Crippen LogP contribution in [-0.2, 0) is 6.54 Å². The topological polar surface area (TPSA) is 67.6 Å². The number of aromatic nitrogens is 3. The number of halogens is 1. The number of pyridine rings is 1. The van der Waals surface area contributed by atoms with Crippen LogP contribution in [0, 0.1) is 0 Å². The van der Waals surface area contributed by atoms with E-state index in [1.807, 2.05) is 12.1 Å². The Balaban J connectivity index is 2.43. The van der Waals surface area contributed by atoms with Crippen molar-refractivity contribution in [1.29, 1.82) is 0 Å². The molecule has 72 valence electrons. The maximum atomic E-state index is 5.86. The summed E-state index contributed by atoms with van der Waals surface area (Å²) in [5.74, 6) is 0.720. The molecular weight excluding hydrogens is 200 g/mol. The number of hydrogen-bond donors (Lipinski definition) is 2. The van der Waals surface area contributed by atoms with E-state index in [-0.39, 0.29) is 0 Å². The Bertz CT molecular complexity index is 424. The van der Waals surface area contributed by atoms with Gasteiger partial charge in [0, 0.05) is 24.5 Å². The lowest BCUT2D eigenvalue weighted by Gasteiger charge is -1.93. The minimum atomic E-state index is 0.358. The van der Waals surface area contributed by atoms with Gasteiger partial charge in [0.25, 0.3) is 0 Å². The third-order valence-electron chi connectivity index (χ3n) is 1.89. The maximum Gasteiger partial charge on any atom is 0.152 e. The summed E-state index contributed by atoms with van der Waals surface area (Å²) >= 11 is 5.86. The number of hydrogen-bond acceptors (Lipinski definition) is 3. The summed E-state index contributed by atoms with van der Waals surface area (Å²) in [6, 6.07) is 3.71. The van der Waals surface area contributed by atoms with Gasteiger partial charge in [-0.1, -0.05) is 11.6 Å². The van der Waals surface area contributed by atoms with Gasteiger partial charge < -0.3 is 10.7 Å². The molecule has 0 amide bonds. The Kier molecular flexibility index (Phi) is 2.47. The Morgan fingerprint density at radius 3 is 2.64 bits per heavy atom. The fraction of sp³-hybridized carbons (Fsp3) is 0.111. The van der Waals surface area contributed by atoms with Crippen LogP contribution in [0.4, 0.5) is 0 Å². The highest BCUT2D eigenvalue weighted by Crippen LogP contribution is 2.19. The molecule has 14 heavy (non-hydrogen) atoms. The molecule has 2 rings (SSSR count). The van der Waals surface area contributed by atoms with Crippen LogP contribution in [0.1, 0.15) is 5.69 Å². The first kappa shape index (κ1) is 9.18. The van der Waals surface area contributed by atoms with Crippen LogP contribution in [0.25, 0.3) is 11.4 Å². The van der Waals surface area contributed by atoms with Gasteiger partial charge in [-0.15, -0.1) is 0 Å². The molecule has 2 heterocycles. The van der Waals surface area contributed by atoms with Gasteiger partial charge in [0.1, 0.15) is 5.82 Å². The molecule has 0 radical (unpaired) electrons. The van der Waals surface area contributed by atoms with Gasteiger partial charge in [-0.3, -0.25) is 4.98 Å². The number of nitrogens with one attached hydrogen (secondary N) is 1. The van der Waals surface area contributed by atoms with Gasteiger partial charge >= 0.3 is 0 Å². The minimum absolute atomic E-state index is 0.358. The van der Waals surface area contributed by atoms with Crippen LogP contribution in [-0.4, -0.2) is 15.0 Å². The first-order valence-electron chi connectivity index (χ1n) is 4.16. The first-order valence-corrected chi connectivity index (χ1v) is 4.54. The highest BCUT2D eigenvalue weighted by atomic mass is 35.5. The zero-order valence-electron chi connectivity index (χ0n) is 7.37. The van der Waals surface area contributed by atoms with Gasteiger partial charge in [-0.25, -0.2) is 4.98 Å². The molecule has 4 nitrogen and oxygen atoms in total. The van der Waals surface area contributed by atoms with Crippen molar-refractivity contribution in [2.45, 2.75) is 6.54 Å². The summed E-state index contributed by atoms with van der Waals surface area (Å²) < 4.78 is 0. The number of rotatable bonds is 2. The maximum absolute atomic E-state index is 5.86. The second-order valence-electron chi connectivity index (χ2n) is 2.79. The third kappa shape index (κ3) is 1.62. The van der Waals surface area contributed by atoms with E-state index in [4.69, 9.17) is 17.3 Å². The SMILES string of the molecule is NCc1[nH]c(-c2ccncc2)nc1Cl. The molecular formula is C9H9ClN4. The van der Waals surface area contributed by atoms with E-state index in [0.29, 0.717) is 11.7 Å². The summed E-state index contributed by atoms with van der Waals surface area (Å²) in [5, 5.41) is 0.430. The van der Waals surface area contributed by atoms with Crippen molar-refractivity contribution in [1.82, 2.24) is 15.0 Å². The molecule has 0 bridgehead atoms. The van der Waals surface area contributed by atoms with E-state index in [0.717, 1.165) is 17.1 Å². The Hall–Kier alpha value is -1.39. The number of aromatic amines is 1. The lowest BCUT2D eigenvalue weighted by Crippen LogP contribution is -1.96. The van der Waals surface area contributed by atoms with E-state index >= 15 is 0 Å². The van der Waals surface area contributed by atoms with Crippen molar-refractivity contribution >= 4 is 11.6 Å². The predicted molar refractivity (Wildman–Crippen MR) is 54.7 cm³/mol. The highest BCUT2D eigenvalue weighted by Gasteiger charge is 2.07. The van der Waals surface area contributed by atoms with Crippen LogP contribution in [0.15, 0.2) is 24.5 Å². The molecule has 0 saturated carbocycles. The first-order chi connectivity index (χ1) is 6.81. The van der Waals surface area contributed by atoms with Crippen molar-refractivity contribution in [2.75, 3.05) is 0 Å². The Morgan fingerprint density at radius 1 is 1.36 bits per heavy atom. The van der Waals surface area contributed by atoms with Crippen molar-refractivity contribution < 1.29 is 0 Å². The molecule has 0 unspecified atom stereocenters. The number of H-pyrrole nitrogens is 1. The second-order valence-corrected chi connectivity index (χ2v) is 3.15. The van der Waals surface area contributed by atoms with Crippen LogP contribution in [0.2, 0.25) is 5.15 Å². The summed E-state index contributed by atoms with van der Waals surface area (Å²) in [5.41, 5.74) is 7.17. The second kappa shape index (κ2) is 3.77. The average molecular weight is 209 g/mol. The molecule has 0 aliphatic heterocycles. The van der Waals surface area contributed by atoms with E-state index in [2.05, 4.69) is 15.0 Å². The largest absolute Gasteiger partial charge is 0.339 e. The lowest BCUT2D eigenvalue weighted by molar-refractivity contribution is 1.01. The minimum Gasteiger partial charge on any atom is -0.339 e. The van der Waals surface area contributed by atoms with Crippen LogP contribution in [0.3, 0.4) is 0 Å². The van der Waals surface area contributed by atoms with E-state index in [1.54, 1.807) is 12.4 Å². The fourth-order valence-electron chi connectivity index (χ4n) is 1.17. The highest BCUT2D eigenvalue weighted by molar-refractivity contribution is 6.30. The van der Waals surface area contributed by atoms with Crippen LogP contribution >= 0.6 is 11.6 Å². The quantitative estimate of drug-likeness (QED) is 0.788. The molecule has 5 heteroatoms. The normalized spacial score (nSPS) is 10.4. The third-order valence-corrected chi connectivity index (χ3v) is 2.20. The van der Waals surface area contributed by atoms with E-state index in [9.17, 15) is 0 Å². The summed E-state index contributed by atoms with van der Waals surface area (Å²) in [6.45, 7) is 0.358. The molecule has 0 aliphatic carbocycles. The van der Waals surface area contributed by atoms with Gasteiger partial charge in [0.05, 0.1) is 5.69 Å². The lowest BCUT2D eigenvalue weighted by atomic mass is 10.2. The Labute approximate surface area is 86.1 Å². The van der Waals surface area contributed by atoms with Crippen LogP contribution < -0.4 is 5.73 Å². The molecule has 0 atom stereocenters. The van der Waals surface area contributed by atoms with Gasteiger partial charge in [0.2, 0.25) is 0 Å². The fourth-order valence-corrected chi connectivity index (χ4v) is 1.38. The summed E-state index contributed by atoms with van der Waals surface area (Å²) in [6.07, 6.45) is 3.40. The summed E-state index contributed by atoms with van der Waals surface area (Å²) in [4.78, 5) is 11.1.